The van der Waals surface area contributed by atoms with Gasteiger partial charge in [-0.05, 0) is 60.7 Å². The Balaban J connectivity index is 0.000000192. The summed E-state index contributed by atoms with van der Waals surface area (Å²) in [6.07, 6.45) is 18.1. The first-order valence-electron chi connectivity index (χ1n) is 21.9. The summed E-state index contributed by atoms with van der Waals surface area (Å²) in [4.78, 5) is 41.2. The van der Waals surface area contributed by atoms with Crippen LogP contribution in [0.4, 0.5) is 40.3 Å². The second-order valence-electron chi connectivity index (χ2n) is 15.1. The van der Waals surface area contributed by atoms with Crippen LogP contribution in [-0.2, 0) is 24.1 Å². The molecule has 67 heavy (non-hydrogen) atoms. The maximum absolute atomic E-state index is 11.9. The van der Waals surface area contributed by atoms with Crippen LogP contribution >= 0.6 is 11.9 Å². The van der Waals surface area contributed by atoms with E-state index < -0.39 is 11.0 Å². The largest absolute Gasteiger partial charge is 0.369 e. The van der Waals surface area contributed by atoms with Gasteiger partial charge in [-0.1, -0.05) is 25.8 Å². The van der Waals surface area contributed by atoms with Gasteiger partial charge in [0.1, 0.15) is 34.0 Å². The third-order valence-corrected chi connectivity index (χ3v) is 12.6. The topological polar surface area (TPSA) is 179 Å². The normalized spacial score (nSPS) is 12.6. The molecule has 1 saturated heterocycles. The lowest BCUT2D eigenvalue weighted by atomic mass is 10.2. The maximum Gasteiger partial charge on any atom is 0.251 e. The Morgan fingerprint density at radius 1 is 0.716 bits per heavy atom. The maximum atomic E-state index is 11.9. The monoisotopic (exact) mass is 939 g/mol. The van der Waals surface area contributed by atoms with E-state index in [1.54, 1.807) is 79.7 Å². The molecule has 1 fully saturated rings. The molecule has 6 aromatic heterocycles. The number of benzene rings is 2. The van der Waals surface area contributed by atoms with Crippen molar-refractivity contribution in [3.63, 3.8) is 0 Å². The molecule has 0 radical (unpaired) electrons. The highest BCUT2D eigenvalue weighted by Crippen LogP contribution is 2.27. The van der Waals surface area contributed by atoms with Crippen LogP contribution in [0.5, 0.6) is 0 Å². The molecular formula is C48H57N15O2S2. The Morgan fingerprint density at radius 2 is 1.21 bits per heavy atom. The number of fused-ring (bicyclic) bond motifs is 2. The number of amides is 1. The zero-order valence-corrected chi connectivity index (χ0v) is 40.5. The van der Waals surface area contributed by atoms with Gasteiger partial charge in [0.2, 0.25) is 0 Å². The van der Waals surface area contributed by atoms with Crippen LogP contribution in [0.15, 0.2) is 122 Å². The van der Waals surface area contributed by atoms with Crippen molar-refractivity contribution in [2.24, 2.45) is 0 Å². The smallest absolute Gasteiger partial charge is 0.251 e. The van der Waals surface area contributed by atoms with E-state index in [1.807, 2.05) is 68.1 Å². The van der Waals surface area contributed by atoms with Crippen LogP contribution in [0.25, 0.3) is 21.8 Å². The number of hydrogen-bond donors (Lipinski definition) is 4. The Bertz CT molecular complexity index is 2900. The number of carbonyl (C=O) groups is 1. The average molecular weight is 940 g/mol. The first kappa shape index (κ1) is 47.9. The molecule has 0 bridgehead atoms. The van der Waals surface area contributed by atoms with Gasteiger partial charge >= 0.3 is 0 Å². The quantitative estimate of drug-likeness (QED) is 0.0789. The summed E-state index contributed by atoms with van der Waals surface area (Å²) in [5.74, 6) is 2.83. The molecule has 0 spiro atoms. The highest BCUT2D eigenvalue weighted by Gasteiger charge is 2.16. The number of piperazine rings is 1. The highest BCUT2D eigenvalue weighted by atomic mass is 32.2. The molecule has 8 aromatic rings. The van der Waals surface area contributed by atoms with Crippen molar-refractivity contribution in [3.8, 4) is 0 Å². The van der Waals surface area contributed by atoms with E-state index in [4.69, 9.17) is 0 Å². The third-order valence-electron chi connectivity index (χ3n) is 11.0. The number of pyridine rings is 2. The second kappa shape index (κ2) is 22.9. The lowest BCUT2D eigenvalue weighted by Crippen LogP contribution is -2.43. The molecule has 1 unspecified atom stereocenters. The molecular weight excluding hydrogens is 883 g/mol. The van der Waals surface area contributed by atoms with Gasteiger partial charge in [0.15, 0.2) is 11.6 Å². The number of nitrogens with zero attached hydrogens (tertiary/aromatic N) is 11. The predicted octanol–water partition coefficient (Wildman–Crippen LogP) is 7.48. The highest BCUT2D eigenvalue weighted by molar-refractivity contribution is 7.99. The van der Waals surface area contributed by atoms with Gasteiger partial charge in [-0.2, -0.15) is 0 Å². The minimum Gasteiger partial charge on any atom is -0.369 e. The summed E-state index contributed by atoms with van der Waals surface area (Å²) < 4.78 is 19.8. The molecule has 0 aliphatic carbocycles. The summed E-state index contributed by atoms with van der Waals surface area (Å²) >= 11 is 1.62. The van der Waals surface area contributed by atoms with Gasteiger partial charge in [-0.3, -0.25) is 19.1 Å². The van der Waals surface area contributed by atoms with E-state index in [-0.39, 0.29) is 5.91 Å². The third kappa shape index (κ3) is 11.8. The van der Waals surface area contributed by atoms with Gasteiger partial charge in [0.05, 0.1) is 24.1 Å². The molecule has 0 saturated carbocycles. The zero-order chi connectivity index (χ0) is 47.3. The van der Waals surface area contributed by atoms with Crippen molar-refractivity contribution in [2.75, 3.05) is 84.0 Å². The summed E-state index contributed by atoms with van der Waals surface area (Å²) in [5.41, 5.74) is 7.43. The summed E-state index contributed by atoms with van der Waals surface area (Å²) in [6.45, 7) is 9.27. The van der Waals surface area contributed by atoms with Gasteiger partial charge in [0, 0.05) is 155 Å². The molecule has 1 atom stereocenters. The van der Waals surface area contributed by atoms with E-state index in [1.165, 1.54) is 5.69 Å². The van der Waals surface area contributed by atoms with Gasteiger partial charge in [-0.15, -0.1) is 0 Å². The van der Waals surface area contributed by atoms with E-state index in [9.17, 15) is 9.00 Å². The standard InChI is InChI=1S/C24H28N8S.C22H23N7O2S.C2H6/c1-30(33-2)24-21(26-8-9-27-24)17-32-12-7-18-16-28-23(15-22(18)32)29-19-3-5-20(6-4-19)31-13-10-25-11-14-31;1-23-22(30)15-4-6-17(7-5-15)27-20-12-19-16(13-26-20)8-11-29(19)14-18-21(25-10-9-24-18)28(2)32(3)31;1-2/h3-9,12,15-16,25H,10-11,13-14,17H2,1-2H3,(H,28,29);4-13H,14H2,1-3H3,(H,23,30)(H,26,27);1-2H3. The lowest BCUT2D eigenvalue weighted by Gasteiger charge is -2.29. The van der Waals surface area contributed by atoms with Crippen molar-refractivity contribution in [1.29, 1.82) is 0 Å². The van der Waals surface area contributed by atoms with Crippen molar-refractivity contribution in [3.05, 3.63) is 139 Å². The molecule has 7 heterocycles. The molecule has 1 amide bonds. The van der Waals surface area contributed by atoms with E-state index >= 15 is 0 Å². The number of hydrogen-bond acceptors (Lipinski definition) is 14. The second-order valence-corrected chi connectivity index (χ2v) is 17.4. The van der Waals surface area contributed by atoms with Gasteiger partial charge in [-0.25, -0.2) is 24.1 Å². The summed E-state index contributed by atoms with van der Waals surface area (Å²) in [6, 6.07) is 23.9. The van der Waals surface area contributed by atoms with Gasteiger partial charge < -0.3 is 39.6 Å². The first-order valence-corrected chi connectivity index (χ1v) is 24.6. The fourth-order valence-electron chi connectivity index (χ4n) is 7.40. The van der Waals surface area contributed by atoms with Crippen LogP contribution in [0.3, 0.4) is 0 Å². The SMILES string of the molecule is CC.CNC(=O)c1ccc(Nc2cc3c(ccn3Cc3nccnc3N(C)S(C)=O)cn2)cc1.CSN(C)c1nccnc1Cn1ccc2cnc(Nc3ccc(N4CCNCC4)cc3)cc21. The number of rotatable bonds is 14. The Labute approximate surface area is 398 Å². The summed E-state index contributed by atoms with van der Waals surface area (Å²) in [7, 11) is 4.14. The van der Waals surface area contributed by atoms with Crippen molar-refractivity contribution < 1.29 is 9.00 Å². The van der Waals surface area contributed by atoms with Crippen LogP contribution in [0, 0.1) is 0 Å². The first-order chi connectivity index (χ1) is 32.7. The minimum absolute atomic E-state index is 0.130. The number of nitrogens with one attached hydrogen (secondary N) is 4. The van der Waals surface area contributed by atoms with Crippen LogP contribution in [-0.4, -0.2) is 109 Å². The molecule has 9 rings (SSSR count). The van der Waals surface area contributed by atoms with E-state index in [0.717, 1.165) is 82.4 Å². The zero-order valence-electron chi connectivity index (χ0n) is 38.8. The van der Waals surface area contributed by atoms with Crippen molar-refractivity contribution >= 4 is 91.0 Å². The van der Waals surface area contributed by atoms with Gasteiger partial charge in [0.25, 0.3) is 5.91 Å². The number of aromatic nitrogens is 8. The molecule has 17 nitrogen and oxygen atoms in total. The van der Waals surface area contributed by atoms with E-state index in [0.29, 0.717) is 30.3 Å². The summed E-state index contributed by atoms with van der Waals surface area (Å²) in [5, 5.41) is 14.8. The molecule has 348 valence electrons. The fraction of sp³-hybridized carbons (Fsp3) is 0.271. The number of carbonyl (C=O) groups excluding carboxylic acids is 1. The Morgan fingerprint density at radius 3 is 1.72 bits per heavy atom. The predicted molar refractivity (Wildman–Crippen MR) is 275 cm³/mol. The lowest BCUT2D eigenvalue weighted by molar-refractivity contribution is 0.0963. The molecule has 2 aromatic carbocycles. The average Bonchev–Trinajstić information content (AvgIpc) is 3.97. The van der Waals surface area contributed by atoms with E-state index in [2.05, 4.69) is 108 Å². The van der Waals surface area contributed by atoms with Crippen molar-refractivity contribution in [1.82, 2.24) is 49.7 Å². The molecule has 1 aliphatic heterocycles. The number of anilines is 7. The molecule has 1 aliphatic rings. The Hall–Kier alpha value is -7.09. The molecule has 4 N–H and O–H groups in total. The Kier molecular flexibility index (Phi) is 16.3. The molecule has 19 heteroatoms. The minimum atomic E-state index is -1.20. The van der Waals surface area contributed by atoms with Crippen molar-refractivity contribution in [2.45, 2.75) is 26.9 Å². The van der Waals surface area contributed by atoms with Crippen LogP contribution < -0.4 is 34.8 Å². The van der Waals surface area contributed by atoms with Crippen LogP contribution in [0.1, 0.15) is 35.6 Å². The van der Waals surface area contributed by atoms with Crippen LogP contribution in [0.2, 0.25) is 0 Å². The fourth-order valence-corrected chi connectivity index (χ4v) is 8.12.